The molecular weight excluding hydrogens is 409 g/mol. The van der Waals surface area contributed by atoms with Crippen molar-refractivity contribution in [3.8, 4) is 0 Å². The molecule has 2 aromatic rings. The summed E-state index contributed by atoms with van der Waals surface area (Å²) in [6.07, 6.45) is 0.295. The molecule has 4 atom stereocenters. The zero-order valence-electron chi connectivity index (χ0n) is 16.4. The van der Waals surface area contributed by atoms with Gasteiger partial charge in [0.05, 0.1) is 6.42 Å². The Hall–Kier alpha value is -2.04. The smallest absolute Gasteiger partial charge is 0.304 e. The number of amides is 1. The van der Waals surface area contributed by atoms with E-state index in [-0.39, 0.29) is 36.1 Å². The predicted molar refractivity (Wildman–Crippen MR) is 116 cm³/mol. The summed E-state index contributed by atoms with van der Waals surface area (Å²) in [5, 5.41) is 13.7. The molecule has 1 aliphatic rings. The number of carbonyl (C=O) groups excluding carboxylic acids is 1. The van der Waals surface area contributed by atoms with Gasteiger partial charge in [-0.1, -0.05) is 61.3 Å². The Morgan fingerprint density at radius 1 is 1.14 bits per heavy atom. The van der Waals surface area contributed by atoms with E-state index in [2.05, 4.69) is 19.2 Å². The van der Waals surface area contributed by atoms with Crippen LogP contribution >= 0.6 is 23.2 Å². The number of halogens is 2. The second-order valence-electron chi connectivity index (χ2n) is 8.05. The standard InChI is InChI=1S/C23H25Cl2NO3/c1-13(2)21(14-6-8-17(24)9-7-14)22-19(15-4-3-5-18(25)10-15)11-16(12-20(27)28)23(29)26-22/h3-10,13,16,19,21-22H,11-12H2,1-2H3,(H,26,29)(H,27,28). The molecule has 0 bridgehead atoms. The second kappa shape index (κ2) is 9.19. The molecule has 0 radical (unpaired) electrons. The first kappa shape index (κ1) is 21.7. The van der Waals surface area contributed by atoms with Crippen molar-refractivity contribution in [2.45, 2.75) is 44.6 Å². The van der Waals surface area contributed by atoms with Crippen LogP contribution in [0.15, 0.2) is 48.5 Å². The maximum atomic E-state index is 12.8. The van der Waals surface area contributed by atoms with Gasteiger partial charge in [0.15, 0.2) is 0 Å². The molecule has 6 heteroatoms. The highest BCUT2D eigenvalue weighted by molar-refractivity contribution is 6.30. The van der Waals surface area contributed by atoms with Gasteiger partial charge in [0.1, 0.15) is 0 Å². The molecule has 3 rings (SSSR count). The van der Waals surface area contributed by atoms with Gasteiger partial charge in [0, 0.05) is 33.8 Å². The third-order valence-electron chi connectivity index (χ3n) is 5.71. The Labute approximate surface area is 181 Å². The van der Waals surface area contributed by atoms with E-state index in [9.17, 15) is 14.7 Å². The minimum absolute atomic E-state index is 0.0428. The van der Waals surface area contributed by atoms with Crippen LogP contribution in [0.1, 0.15) is 49.7 Å². The summed E-state index contributed by atoms with van der Waals surface area (Å²) in [5.41, 5.74) is 2.11. The first-order valence-electron chi connectivity index (χ1n) is 9.79. The molecule has 4 unspecified atom stereocenters. The lowest BCUT2D eigenvalue weighted by molar-refractivity contribution is -0.142. The second-order valence-corrected chi connectivity index (χ2v) is 8.92. The molecule has 4 nitrogen and oxygen atoms in total. The van der Waals surface area contributed by atoms with E-state index < -0.39 is 11.9 Å². The third kappa shape index (κ3) is 5.12. The molecule has 0 aliphatic carbocycles. The molecular formula is C23H25Cl2NO3. The number of benzene rings is 2. The predicted octanol–water partition coefficient (Wildman–Crippen LogP) is 5.50. The van der Waals surface area contributed by atoms with Crippen molar-refractivity contribution < 1.29 is 14.7 Å². The lowest BCUT2D eigenvalue weighted by Gasteiger charge is -2.42. The van der Waals surface area contributed by atoms with Gasteiger partial charge in [-0.25, -0.2) is 0 Å². The molecule has 2 N–H and O–H groups in total. The summed E-state index contributed by atoms with van der Waals surface area (Å²) in [5.74, 6) is -1.48. The highest BCUT2D eigenvalue weighted by atomic mass is 35.5. The Morgan fingerprint density at radius 2 is 1.83 bits per heavy atom. The molecule has 1 aliphatic heterocycles. The Morgan fingerprint density at radius 3 is 2.41 bits per heavy atom. The van der Waals surface area contributed by atoms with Crippen LogP contribution in [0.2, 0.25) is 10.0 Å². The topological polar surface area (TPSA) is 66.4 Å². The highest BCUT2D eigenvalue weighted by Gasteiger charge is 2.42. The van der Waals surface area contributed by atoms with Crippen molar-refractivity contribution in [3.63, 3.8) is 0 Å². The van der Waals surface area contributed by atoms with Crippen LogP contribution in [0.5, 0.6) is 0 Å². The average Bonchev–Trinajstić information content (AvgIpc) is 2.65. The molecule has 2 aromatic carbocycles. The van der Waals surface area contributed by atoms with Gasteiger partial charge in [-0.15, -0.1) is 0 Å². The van der Waals surface area contributed by atoms with E-state index in [1.807, 2.05) is 48.5 Å². The van der Waals surface area contributed by atoms with Gasteiger partial charge in [-0.2, -0.15) is 0 Å². The average molecular weight is 434 g/mol. The maximum Gasteiger partial charge on any atom is 0.304 e. The van der Waals surface area contributed by atoms with Crippen LogP contribution in [0, 0.1) is 11.8 Å². The third-order valence-corrected chi connectivity index (χ3v) is 6.20. The summed E-state index contributed by atoms with van der Waals surface area (Å²) in [4.78, 5) is 24.0. The number of carbonyl (C=O) groups is 2. The van der Waals surface area contributed by atoms with Crippen LogP contribution in [0.25, 0.3) is 0 Å². The number of piperidine rings is 1. The van der Waals surface area contributed by atoms with Gasteiger partial charge < -0.3 is 10.4 Å². The Kier molecular flexibility index (Phi) is 6.86. The van der Waals surface area contributed by atoms with Crippen LogP contribution in [0.4, 0.5) is 0 Å². The van der Waals surface area contributed by atoms with Crippen LogP contribution in [0.3, 0.4) is 0 Å². The fourth-order valence-electron chi connectivity index (χ4n) is 4.44. The van der Waals surface area contributed by atoms with Crippen molar-refractivity contribution in [1.82, 2.24) is 5.32 Å². The minimum Gasteiger partial charge on any atom is -0.481 e. The van der Waals surface area contributed by atoms with Crippen LogP contribution in [-0.2, 0) is 9.59 Å². The van der Waals surface area contributed by atoms with Gasteiger partial charge in [-0.05, 0) is 47.7 Å². The summed E-state index contributed by atoms with van der Waals surface area (Å²) >= 11 is 12.3. The highest BCUT2D eigenvalue weighted by Crippen LogP contribution is 2.42. The maximum absolute atomic E-state index is 12.8. The molecule has 29 heavy (non-hydrogen) atoms. The first-order valence-corrected chi connectivity index (χ1v) is 10.5. The van der Waals surface area contributed by atoms with Gasteiger partial charge in [0.2, 0.25) is 5.91 Å². The molecule has 1 fully saturated rings. The van der Waals surface area contributed by atoms with Crippen molar-refractivity contribution in [2.24, 2.45) is 11.8 Å². The van der Waals surface area contributed by atoms with Gasteiger partial charge in [0.25, 0.3) is 0 Å². The number of aliphatic carboxylic acids is 1. The van der Waals surface area contributed by atoms with Gasteiger partial charge >= 0.3 is 5.97 Å². The summed E-state index contributed by atoms with van der Waals surface area (Å²) < 4.78 is 0. The Balaban J connectivity index is 2.03. The zero-order valence-corrected chi connectivity index (χ0v) is 18.0. The fraction of sp³-hybridized carbons (Fsp3) is 0.391. The lowest BCUT2D eigenvalue weighted by Crippen LogP contribution is -2.52. The van der Waals surface area contributed by atoms with Crippen molar-refractivity contribution in [3.05, 3.63) is 69.7 Å². The number of hydrogen-bond acceptors (Lipinski definition) is 2. The molecule has 0 aromatic heterocycles. The molecule has 154 valence electrons. The van der Waals surface area contributed by atoms with E-state index in [0.29, 0.717) is 16.5 Å². The normalized spacial score (nSPS) is 22.9. The van der Waals surface area contributed by atoms with E-state index in [1.54, 1.807) is 0 Å². The first-order chi connectivity index (χ1) is 13.8. The van der Waals surface area contributed by atoms with E-state index in [4.69, 9.17) is 23.2 Å². The van der Waals surface area contributed by atoms with Gasteiger partial charge in [-0.3, -0.25) is 9.59 Å². The van der Waals surface area contributed by atoms with Crippen LogP contribution < -0.4 is 5.32 Å². The summed E-state index contributed by atoms with van der Waals surface area (Å²) in [6.45, 7) is 4.26. The fourth-order valence-corrected chi connectivity index (χ4v) is 4.77. The molecule has 0 saturated carbocycles. The molecule has 0 spiro atoms. The molecule has 1 heterocycles. The zero-order chi connectivity index (χ0) is 21.1. The molecule has 1 amide bonds. The minimum atomic E-state index is -0.966. The summed E-state index contributed by atoms with van der Waals surface area (Å²) in [6, 6.07) is 15.2. The lowest BCUT2D eigenvalue weighted by atomic mass is 9.69. The van der Waals surface area contributed by atoms with Crippen molar-refractivity contribution in [1.29, 1.82) is 0 Å². The summed E-state index contributed by atoms with van der Waals surface area (Å²) in [7, 11) is 0. The SMILES string of the molecule is CC(C)C(c1ccc(Cl)cc1)C1NC(=O)C(CC(=O)O)CC1c1cccc(Cl)c1. The number of carboxylic acids is 1. The largest absolute Gasteiger partial charge is 0.481 e. The number of hydrogen-bond donors (Lipinski definition) is 2. The molecule has 1 saturated heterocycles. The van der Waals surface area contributed by atoms with Crippen molar-refractivity contribution >= 4 is 35.1 Å². The van der Waals surface area contributed by atoms with E-state index in [0.717, 1.165) is 11.1 Å². The monoisotopic (exact) mass is 433 g/mol. The van der Waals surface area contributed by atoms with E-state index >= 15 is 0 Å². The Bertz CT molecular complexity index is 882. The van der Waals surface area contributed by atoms with Crippen LogP contribution in [-0.4, -0.2) is 23.0 Å². The number of carboxylic acid groups (broad SMARTS) is 1. The number of nitrogens with one attached hydrogen (secondary N) is 1. The van der Waals surface area contributed by atoms with Crippen molar-refractivity contribution in [2.75, 3.05) is 0 Å². The quantitative estimate of drug-likeness (QED) is 0.631. The number of rotatable bonds is 6. The van der Waals surface area contributed by atoms with E-state index in [1.165, 1.54) is 0 Å².